The summed E-state index contributed by atoms with van der Waals surface area (Å²) in [5.41, 5.74) is 2.63. The molecular weight excluding hydrogens is 580 g/mol. The molecule has 1 unspecified atom stereocenters. The Kier molecular flexibility index (Phi) is 12.7. The first kappa shape index (κ1) is 34.1. The van der Waals surface area contributed by atoms with Crippen molar-refractivity contribution in [2.75, 3.05) is 58.3 Å². The molecule has 10 heteroatoms. The predicted octanol–water partition coefficient (Wildman–Crippen LogP) is 4.94. The number of anilines is 1. The fourth-order valence-corrected chi connectivity index (χ4v) is 6.94. The molecule has 1 saturated heterocycles. The molecule has 2 fully saturated rings. The summed E-state index contributed by atoms with van der Waals surface area (Å²) in [5.74, 6) is 0.806. The number of rotatable bonds is 12. The van der Waals surface area contributed by atoms with Crippen molar-refractivity contribution in [3.8, 4) is 5.75 Å². The third kappa shape index (κ3) is 10.1. The molecule has 0 radical (unpaired) electrons. The van der Waals surface area contributed by atoms with Gasteiger partial charge in [0, 0.05) is 61.8 Å². The Balaban J connectivity index is 1.30. The van der Waals surface area contributed by atoms with E-state index in [1.807, 2.05) is 47.6 Å². The molecule has 1 aliphatic carbocycles. The van der Waals surface area contributed by atoms with Gasteiger partial charge in [0.1, 0.15) is 11.9 Å². The number of hydrogen-bond donors (Lipinski definition) is 2. The highest BCUT2D eigenvalue weighted by atomic mass is 16.5. The minimum absolute atomic E-state index is 0.0435. The van der Waals surface area contributed by atoms with Crippen LogP contribution in [0.3, 0.4) is 0 Å². The van der Waals surface area contributed by atoms with Crippen LogP contribution in [0.5, 0.6) is 5.75 Å². The second-order valence-electron chi connectivity index (χ2n) is 13.6. The number of carbonyl (C=O) groups is 2. The maximum Gasteiger partial charge on any atom is 0.319 e. The van der Waals surface area contributed by atoms with E-state index in [1.165, 1.54) is 24.8 Å². The fraction of sp³-hybridized carbons (Fsp3) is 0.639. The number of amides is 3. The maximum absolute atomic E-state index is 14.0. The lowest BCUT2D eigenvalue weighted by Crippen LogP contribution is -2.48. The number of nitrogens with one attached hydrogen (secondary N) is 2. The summed E-state index contributed by atoms with van der Waals surface area (Å²) in [6, 6.07) is 9.68. The topological polar surface area (TPSA) is 99.3 Å². The van der Waals surface area contributed by atoms with Crippen LogP contribution in [0.25, 0.3) is 0 Å². The van der Waals surface area contributed by atoms with E-state index in [2.05, 4.69) is 46.3 Å². The smallest absolute Gasteiger partial charge is 0.319 e. The summed E-state index contributed by atoms with van der Waals surface area (Å²) in [6.07, 6.45) is 11.8. The standard InChI is InChI=1S/C36H54N6O4/c1-27-23-42(28(2)26-45-20-19-41-17-7-8-18-41)35(43)22-30-21-32(39-36(44)38-31-9-5-4-6-10-31)11-12-33(30)46-34(27)25-40(3)24-29-13-15-37-16-14-29/h11-16,21,27-28,31,34H,4-10,17-20,22-26H2,1-3H3,(H2,38,39,44)/t27-,28?,34+/m1/s1. The third-order valence-electron chi connectivity index (χ3n) is 9.65. The van der Waals surface area contributed by atoms with Gasteiger partial charge in [-0.05, 0) is 88.6 Å². The van der Waals surface area contributed by atoms with E-state index in [0.29, 0.717) is 37.7 Å². The van der Waals surface area contributed by atoms with Crippen molar-refractivity contribution in [2.24, 2.45) is 5.92 Å². The molecule has 1 aromatic carbocycles. The Morgan fingerprint density at radius 3 is 2.63 bits per heavy atom. The molecule has 5 rings (SSSR count). The Morgan fingerprint density at radius 1 is 1.11 bits per heavy atom. The molecular formula is C36H54N6O4. The van der Waals surface area contributed by atoms with Crippen LogP contribution in [0, 0.1) is 5.92 Å². The van der Waals surface area contributed by atoms with Crippen molar-refractivity contribution in [1.29, 1.82) is 0 Å². The molecule has 1 saturated carbocycles. The van der Waals surface area contributed by atoms with Gasteiger partial charge in [-0.1, -0.05) is 26.2 Å². The van der Waals surface area contributed by atoms with Crippen LogP contribution >= 0.6 is 0 Å². The molecule has 10 nitrogen and oxygen atoms in total. The van der Waals surface area contributed by atoms with E-state index in [4.69, 9.17) is 9.47 Å². The largest absolute Gasteiger partial charge is 0.488 e. The van der Waals surface area contributed by atoms with Crippen LogP contribution in [-0.2, 0) is 22.5 Å². The van der Waals surface area contributed by atoms with Gasteiger partial charge in [-0.3, -0.25) is 14.7 Å². The zero-order valence-electron chi connectivity index (χ0n) is 28.1. The van der Waals surface area contributed by atoms with E-state index in [-0.39, 0.29) is 42.5 Å². The zero-order valence-corrected chi connectivity index (χ0v) is 28.1. The van der Waals surface area contributed by atoms with Crippen LogP contribution in [0.15, 0.2) is 42.7 Å². The number of urea groups is 1. The number of aromatic nitrogens is 1. The SMILES string of the molecule is CC(COCCN1CCCC1)N1C[C@@H](C)[C@H](CN(C)Cc2ccncc2)Oc2ccc(NC(=O)NC3CCCCC3)cc2CC1=O. The lowest BCUT2D eigenvalue weighted by atomic mass is 9.96. The number of carbonyl (C=O) groups excluding carboxylic acids is 2. The van der Waals surface area contributed by atoms with Gasteiger partial charge in [-0.25, -0.2) is 4.79 Å². The fourth-order valence-electron chi connectivity index (χ4n) is 6.94. The second-order valence-corrected chi connectivity index (χ2v) is 13.6. The first-order valence-corrected chi connectivity index (χ1v) is 17.4. The first-order valence-electron chi connectivity index (χ1n) is 17.4. The van der Waals surface area contributed by atoms with Crippen LogP contribution in [0.1, 0.15) is 69.9 Å². The number of ether oxygens (including phenoxy) is 2. The van der Waals surface area contributed by atoms with Crippen molar-refractivity contribution in [1.82, 2.24) is 25.0 Å². The highest BCUT2D eigenvalue weighted by molar-refractivity contribution is 5.90. The van der Waals surface area contributed by atoms with Gasteiger partial charge in [0.25, 0.3) is 0 Å². The van der Waals surface area contributed by atoms with E-state index >= 15 is 0 Å². The number of hydrogen-bond acceptors (Lipinski definition) is 7. The number of fused-ring (bicyclic) bond motifs is 1. The Labute approximate surface area is 275 Å². The summed E-state index contributed by atoms with van der Waals surface area (Å²) in [5, 5.41) is 6.13. The number of likely N-dealkylation sites (tertiary alicyclic amines) is 1. The monoisotopic (exact) mass is 634 g/mol. The van der Waals surface area contributed by atoms with Crippen molar-refractivity contribution < 1.29 is 19.1 Å². The van der Waals surface area contributed by atoms with Crippen LogP contribution in [0.4, 0.5) is 10.5 Å². The summed E-state index contributed by atoms with van der Waals surface area (Å²) >= 11 is 0. The highest BCUT2D eigenvalue weighted by Gasteiger charge is 2.31. The summed E-state index contributed by atoms with van der Waals surface area (Å²) < 4.78 is 12.9. The van der Waals surface area contributed by atoms with Gasteiger partial charge in [0.05, 0.1) is 25.7 Å². The quantitative estimate of drug-likeness (QED) is 0.319. The molecule has 3 heterocycles. The molecule has 3 amide bonds. The number of benzene rings is 1. The Hall–Kier alpha value is -3.21. The maximum atomic E-state index is 14.0. The van der Waals surface area contributed by atoms with E-state index < -0.39 is 0 Å². The lowest BCUT2D eigenvalue weighted by molar-refractivity contribution is -0.134. The Bertz CT molecular complexity index is 1250. The van der Waals surface area contributed by atoms with Crippen LogP contribution < -0.4 is 15.4 Å². The van der Waals surface area contributed by atoms with Gasteiger partial charge in [-0.2, -0.15) is 0 Å². The number of nitrogens with zero attached hydrogens (tertiary/aromatic N) is 4. The second kappa shape index (κ2) is 17.1. The molecule has 3 aliphatic rings. The molecule has 46 heavy (non-hydrogen) atoms. The molecule has 0 bridgehead atoms. The normalized spacial score (nSPS) is 22.0. The van der Waals surface area contributed by atoms with Crippen molar-refractivity contribution in [3.05, 3.63) is 53.9 Å². The molecule has 1 aromatic heterocycles. The predicted molar refractivity (Wildman–Crippen MR) is 181 cm³/mol. The number of pyridine rings is 1. The average molecular weight is 635 g/mol. The van der Waals surface area contributed by atoms with Crippen LogP contribution in [0.2, 0.25) is 0 Å². The minimum Gasteiger partial charge on any atom is -0.488 e. The summed E-state index contributed by atoms with van der Waals surface area (Å²) in [7, 11) is 2.10. The van der Waals surface area contributed by atoms with Gasteiger partial charge < -0.3 is 29.9 Å². The van der Waals surface area contributed by atoms with Crippen molar-refractivity contribution >= 4 is 17.6 Å². The lowest BCUT2D eigenvalue weighted by Gasteiger charge is -2.34. The molecule has 2 aromatic rings. The molecule has 252 valence electrons. The average Bonchev–Trinajstić information content (AvgIpc) is 3.57. The van der Waals surface area contributed by atoms with Gasteiger partial charge in [-0.15, -0.1) is 0 Å². The molecule has 2 N–H and O–H groups in total. The minimum atomic E-state index is -0.201. The van der Waals surface area contributed by atoms with Gasteiger partial charge >= 0.3 is 6.03 Å². The third-order valence-corrected chi connectivity index (χ3v) is 9.65. The van der Waals surface area contributed by atoms with Gasteiger partial charge in [0.2, 0.25) is 5.91 Å². The zero-order chi connectivity index (χ0) is 32.3. The van der Waals surface area contributed by atoms with Crippen LogP contribution in [-0.4, -0.2) is 103 Å². The molecule has 2 aliphatic heterocycles. The summed E-state index contributed by atoms with van der Waals surface area (Å²) in [4.78, 5) is 37.7. The first-order chi connectivity index (χ1) is 22.3. The van der Waals surface area contributed by atoms with Gasteiger partial charge in [0.15, 0.2) is 0 Å². The van der Waals surface area contributed by atoms with Crippen molar-refractivity contribution in [3.63, 3.8) is 0 Å². The van der Waals surface area contributed by atoms with E-state index in [0.717, 1.165) is 57.4 Å². The highest BCUT2D eigenvalue weighted by Crippen LogP contribution is 2.29. The van der Waals surface area contributed by atoms with E-state index in [9.17, 15) is 9.59 Å². The molecule has 3 atom stereocenters. The Morgan fingerprint density at radius 2 is 1.87 bits per heavy atom. The molecule has 0 spiro atoms. The van der Waals surface area contributed by atoms with Crippen molar-refractivity contribution in [2.45, 2.75) is 89.9 Å². The van der Waals surface area contributed by atoms with E-state index in [1.54, 1.807) is 0 Å². The number of likely N-dealkylation sites (N-methyl/N-ethyl adjacent to an activating group) is 1. The summed E-state index contributed by atoms with van der Waals surface area (Å²) in [6.45, 7) is 10.7.